The second-order valence-corrected chi connectivity index (χ2v) is 7.03. The maximum Gasteiger partial charge on any atom is 0.311 e. The van der Waals surface area contributed by atoms with Gasteiger partial charge in [0.05, 0.1) is 12.0 Å². The van der Waals surface area contributed by atoms with E-state index in [1.54, 1.807) is 12.1 Å². The van der Waals surface area contributed by atoms with E-state index in [2.05, 4.69) is 28.5 Å². The summed E-state index contributed by atoms with van der Waals surface area (Å²) in [5, 5.41) is 25.3. The summed E-state index contributed by atoms with van der Waals surface area (Å²) in [5.74, 6) is 0.832. The Bertz CT molecular complexity index is 1270. The molecule has 30 heavy (non-hydrogen) atoms. The number of benzene rings is 3. The van der Waals surface area contributed by atoms with Crippen LogP contribution in [0.15, 0.2) is 60.7 Å². The maximum absolute atomic E-state index is 11.4. The molecule has 150 valence electrons. The number of nitro benzene ring substituents is 1. The molecule has 0 spiro atoms. The summed E-state index contributed by atoms with van der Waals surface area (Å²) in [7, 11) is 1.41. The number of nitrogens with zero attached hydrogens (tertiary/aromatic N) is 3. The topological polar surface area (TPSA) is 90.2 Å². The van der Waals surface area contributed by atoms with Gasteiger partial charge in [-0.05, 0) is 37.6 Å². The van der Waals surface area contributed by atoms with Crippen LogP contribution in [0.5, 0.6) is 5.75 Å². The Hall–Kier alpha value is -4.00. The maximum atomic E-state index is 11.4. The normalized spacial score (nSPS) is 10.8. The van der Waals surface area contributed by atoms with Crippen LogP contribution in [0.2, 0.25) is 0 Å². The number of hydrogen-bond acceptors (Lipinski definition) is 6. The minimum absolute atomic E-state index is 0.113. The Morgan fingerprint density at radius 2 is 1.73 bits per heavy atom. The van der Waals surface area contributed by atoms with E-state index in [1.807, 2.05) is 43.3 Å². The minimum Gasteiger partial charge on any atom is -0.490 e. The molecule has 4 rings (SSSR count). The van der Waals surface area contributed by atoms with Crippen molar-refractivity contribution in [2.24, 2.45) is 0 Å². The molecule has 0 radical (unpaired) electrons. The molecule has 7 heteroatoms. The van der Waals surface area contributed by atoms with Crippen molar-refractivity contribution in [3.63, 3.8) is 0 Å². The second-order valence-electron chi connectivity index (χ2n) is 7.03. The summed E-state index contributed by atoms with van der Waals surface area (Å²) >= 11 is 0. The van der Waals surface area contributed by atoms with Crippen molar-refractivity contribution < 1.29 is 9.66 Å². The molecule has 0 aliphatic rings. The summed E-state index contributed by atoms with van der Waals surface area (Å²) in [6.07, 6.45) is 0. The molecule has 1 aromatic heterocycles. The number of rotatable bonds is 5. The van der Waals surface area contributed by atoms with E-state index >= 15 is 0 Å². The third-order valence-electron chi connectivity index (χ3n) is 4.97. The van der Waals surface area contributed by atoms with Crippen LogP contribution in [0.1, 0.15) is 11.1 Å². The fourth-order valence-corrected chi connectivity index (χ4v) is 3.47. The van der Waals surface area contributed by atoms with E-state index in [1.165, 1.54) is 18.7 Å². The molecule has 7 nitrogen and oxygen atoms in total. The van der Waals surface area contributed by atoms with Gasteiger partial charge in [-0.1, -0.05) is 42.0 Å². The van der Waals surface area contributed by atoms with E-state index in [0.29, 0.717) is 17.1 Å². The smallest absolute Gasteiger partial charge is 0.311 e. The summed E-state index contributed by atoms with van der Waals surface area (Å²) in [6, 6.07) is 18.7. The van der Waals surface area contributed by atoms with Gasteiger partial charge in [-0.25, -0.2) is 0 Å². The van der Waals surface area contributed by atoms with Crippen LogP contribution in [0.3, 0.4) is 0 Å². The lowest BCUT2D eigenvalue weighted by atomic mass is 10.0. The molecule has 0 aliphatic heterocycles. The van der Waals surface area contributed by atoms with Gasteiger partial charge in [-0.2, -0.15) is 0 Å². The standard InChI is InChI=1S/C23H20N4O3/c1-14-8-10-19(15(2)12-14)24-23-18-7-5-4-6-17(18)22(25-26-23)16-9-11-21(30-3)20(13-16)27(28)29/h4-13H,1-3H3,(H,24,26). The molecule has 0 fully saturated rings. The van der Waals surface area contributed by atoms with Gasteiger partial charge in [0.15, 0.2) is 11.6 Å². The first-order valence-electron chi connectivity index (χ1n) is 9.40. The van der Waals surface area contributed by atoms with Crippen LogP contribution >= 0.6 is 0 Å². The van der Waals surface area contributed by atoms with E-state index in [4.69, 9.17) is 4.74 Å². The Morgan fingerprint density at radius 1 is 0.967 bits per heavy atom. The van der Waals surface area contributed by atoms with Crippen molar-refractivity contribution in [3.8, 4) is 17.0 Å². The van der Waals surface area contributed by atoms with Crippen LogP contribution in [0.25, 0.3) is 22.0 Å². The van der Waals surface area contributed by atoms with Crippen LogP contribution in [0, 0.1) is 24.0 Å². The molecule has 0 amide bonds. The Kier molecular flexibility index (Phi) is 5.02. The fourth-order valence-electron chi connectivity index (χ4n) is 3.47. The average Bonchev–Trinajstić information content (AvgIpc) is 2.75. The summed E-state index contributed by atoms with van der Waals surface area (Å²) in [4.78, 5) is 11.0. The lowest BCUT2D eigenvalue weighted by Crippen LogP contribution is -2.01. The highest BCUT2D eigenvalue weighted by molar-refractivity contribution is 6.01. The van der Waals surface area contributed by atoms with E-state index in [9.17, 15) is 10.1 Å². The minimum atomic E-state index is -0.464. The molecule has 0 unspecified atom stereocenters. The van der Waals surface area contributed by atoms with E-state index in [-0.39, 0.29) is 11.4 Å². The van der Waals surface area contributed by atoms with Crippen LogP contribution < -0.4 is 10.1 Å². The van der Waals surface area contributed by atoms with Crippen LogP contribution in [-0.2, 0) is 0 Å². The number of nitrogens with one attached hydrogen (secondary N) is 1. The highest BCUT2D eigenvalue weighted by Crippen LogP contribution is 2.36. The van der Waals surface area contributed by atoms with E-state index < -0.39 is 4.92 Å². The number of anilines is 2. The molecule has 0 saturated carbocycles. The molecular weight excluding hydrogens is 380 g/mol. The van der Waals surface area contributed by atoms with Crippen LogP contribution in [-0.4, -0.2) is 22.2 Å². The zero-order valence-electron chi connectivity index (χ0n) is 16.8. The highest BCUT2D eigenvalue weighted by atomic mass is 16.6. The quantitative estimate of drug-likeness (QED) is 0.348. The number of ether oxygens (including phenoxy) is 1. The lowest BCUT2D eigenvalue weighted by molar-refractivity contribution is -0.385. The lowest BCUT2D eigenvalue weighted by Gasteiger charge is -2.13. The molecule has 0 bridgehead atoms. The Morgan fingerprint density at radius 3 is 2.43 bits per heavy atom. The first-order valence-corrected chi connectivity index (χ1v) is 9.40. The first kappa shape index (κ1) is 19.3. The summed E-state index contributed by atoms with van der Waals surface area (Å²) in [6.45, 7) is 4.09. The molecule has 0 aliphatic carbocycles. The third-order valence-corrected chi connectivity index (χ3v) is 4.97. The van der Waals surface area contributed by atoms with Gasteiger partial charge in [0.25, 0.3) is 0 Å². The number of nitro groups is 1. The first-order chi connectivity index (χ1) is 14.5. The molecule has 3 aromatic carbocycles. The van der Waals surface area contributed by atoms with Crippen molar-refractivity contribution in [1.29, 1.82) is 0 Å². The van der Waals surface area contributed by atoms with E-state index in [0.717, 1.165) is 22.0 Å². The molecular formula is C23H20N4O3. The van der Waals surface area contributed by atoms with Crippen molar-refractivity contribution in [2.45, 2.75) is 13.8 Å². The third kappa shape index (κ3) is 3.53. The van der Waals surface area contributed by atoms with Crippen molar-refractivity contribution in [2.75, 3.05) is 12.4 Å². The summed E-state index contributed by atoms with van der Waals surface area (Å²) < 4.78 is 5.10. The predicted octanol–water partition coefficient (Wildman–Crippen LogP) is 5.57. The number of aryl methyl sites for hydroxylation is 2. The molecule has 0 saturated heterocycles. The fraction of sp³-hybridized carbons (Fsp3) is 0.130. The van der Waals surface area contributed by atoms with Crippen molar-refractivity contribution >= 4 is 28.0 Å². The number of hydrogen-bond donors (Lipinski definition) is 1. The molecule has 1 N–H and O–H groups in total. The molecule has 1 heterocycles. The Labute approximate surface area is 173 Å². The van der Waals surface area contributed by atoms with Crippen LogP contribution in [0.4, 0.5) is 17.2 Å². The zero-order chi connectivity index (χ0) is 21.3. The van der Waals surface area contributed by atoms with Gasteiger partial charge in [0.1, 0.15) is 5.69 Å². The highest BCUT2D eigenvalue weighted by Gasteiger charge is 2.18. The van der Waals surface area contributed by atoms with Gasteiger partial charge >= 0.3 is 5.69 Å². The molecule has 0 atom stereocenters. The SMILES string of the molecule is COc1ccc(-c2nnc(Nc3ccc(C)cc3C)c3ccccc23)cc1[N+](=O)[O-]. The van der Waals surface area contributed by atoms with Gasteiger partial charge in [0, 0.05) is 28.1 Å². The number of aromatic nitrogens is 2. The second kappa shape index (κ2) is 7.79. The predicted molar refractivity (Wildman–Crippen MR) is 117 cm³/mol. The van der Waals surface area contributed by atoms with Crippen molar-refractivity contribution in [1.82, 2.24) is 10.2 Å². The van der Waals surface area contributed by atoms with Gasteiger partial charge in [-0.3, -0.25) is 10.1 Å². The Balaban J connectivity index is 1.84. The number of fused-ring (bicyclic) bond motifs is 1. The van der Waals surface area contributed by atoms with Gasteiger partial charge in [-0.15, -0.1) is 10.2 Å². The van der Waals surface area contributed by atoms with Gasteiger partial charge in [0.2, 0.25) is 0 Å². The number of methoxy groups -OCH3 is 1. The summed E-state index contributed by atoms with van der Waals surface area (Å²) in [5.41, 5.74) is 4.30. The molecule has 4 aromatic rings. The van der Waals surface area contributed by atoms with Gasteiger partial charge < -0.3 is 10.1 Å². The zero-order valence-corrected chi connectivity index (χ0v) is 16.8. The average molecular weight is 400 g/mol. The monoisotopic (exact) mass is 400 g/mol. The largest absolute Gasteiger partial charge is 0.490 e. The van der Waals surface area contributed by atoms with Crippen molar-refractivity contribution in [3.05, 3.63) is 81.9 Å².